The third-order valence-electron chi connectivity index (χ3n) is 3.76. The van der Waals surface area contributed by atoms with Crippen LogP contribution >= 0.6 is 0 Å². The number of para-hydroxylation sites is 1. The molecule has 0 saturated heterocycles. The van der Waals surface area contributed by atoms with Crippen LogP contribution in [-0.4, -0.2) is 25.7 Å². The molecule has 0 aliphatic heterocycles. The lowest BCUT2D eigenvalue weighted by atomic mass is 10.1. The lowest BCUT2D eigenvalue weighted by Crippen LogP contribution is -2.24. The number of hydrogen-bond acceptors (Lipinski definition) is 3. The maximum absolute atomic E-state index is 11.8. The van der Waals surface area contributed by atoms with Gasteiger partial charge in [-0.15, -0.1) is 0 Å². The Morgan fingerprint density at radius 1 is 0.920 bits per heavy atom. The molecule has 0 unspecified atom stereocenters. The van der Waals surface area contributed by atoms with E-state index in [2.05, 4.69) is 17.4 Å². The summed E-state index contributed by atoms with van der Waals surface area (Å²) in [6, 6.07) is 17.8. The first-order chi connectivity index (χ1) is 12.3. The van der Waals surface area contributed by atoms with Gasteiger partial charge in [-0.3, -0.25) is 4.79 Å². The van der Waals surface area contributed by atoms with Crippen molar-refractivity contribution in [1.29, 1.82) is 0 Å². The summed E-state index contributed by atoms with van der Waals surface area (Å²) in [5.41, 5.74) is 1.26. The minimum Gasteiger partial charge on any atom is -0.494 e. The number of carbonyl (C=O) groups excluding carboxylic acids is 1. The van der Waals surface area contributed by atoms with Crippen LogP contribution in [0.2, 0.25) is 0 Å². The van der Waals surface area contributed by atoms with Gasteiger partial charge in [0, 0.05) is 13.0 Å². The van der Waals surface area contributed by atoms with Gasteiger partial charge in [0.15, 0.2) is 0 Å². The molecule has 1 amide bonds. The van der Waals surface area contributed by atoms with Crippen LogP contribution in [0.25, 0.3) is 0 Å². The molecule has 2 aromatic carbocycles. The highest BCUT2D eigenvalue weighted by Gasteiger charge is 2.02. The average molecular weight is 341 g/mol. The fourth-order valence-electron chi connectivity index (χ4n) is 2.47. The van der Waals surface area contributed by atoms with E-state index in [4.69, 9.17) is 9.47 Å². The van der Waals surface area contributed by atoms with E-state index >= 15 is 0 Å². The Morgan fingerprint density at radius 3 is 2.36 bits per heavy atom. The molecule has 0 heterocycles. The first kappa shape index (κ1) is 18.8. The Morgan fingerprint density at radius 2 is 1.64 bits per heavy atom. The molecule has 4 heteroatoms. The Bertz CT molecular complexity index is 611. The molecule has 0 saturated carbocycles. The predicted molar refractivity (Wildman–Crippen MR) is 100 cm³/mol. The van der Waals surface area contributed by atoms with Crippen molar-refractivity contribution < 1.29 is 14.3 Å². The van der Waals surface area contributed by atoms with Crippen molar-refractivity contribution in [3.8, 4) is 11.5 Å². The van der Waals surface area contributed by atoms with Crippen molar-refractivity contribution in [2.45, 2.75) is 32.6 Å². The molecule has 0 spiro atoms. The second kappa shape index (κ2) is 11.1. The van der Waals surface area contributed by atoms with Crippen LogP contribution in [0.4, 0.5) is 0 Å². The normalized spacial score (nSPS) is 10.3. The number of aryl methyl sites for hydroxylation is 1. The molecule has 25 heavy (non-hydrogen) atoms. The van der Waals surface area contributed by atoms with E-state index in [1.165, 1.54) is 5.56 Å². The molecule has 0 bridgehead atoms. The molecule has 0 aliphatic carbocycles. The van der Waals surface area contributed by atoms with Crippen molar-refractivity contribution in [2.24, 2.45) is 0 Å². The van der Waals surface area contributed by atoms with E-state index in [9.17, 15) is 4.79 Å². The van der Waals surface area contributed by atoms with Gasteiger partial charge >= 0.3 is 0 Å². The molecule has 134 valence electrons. The zero-order valence-electron chi connectivity index (χ0n) is 14.9. The van der Waals surface area contributed by atoms with Gasteiger partial charge in [0.2, 0.25) is 5.91 Å². The smallest absolute Gasteiger partial charge is 0.220 e. The summed E-state index contributed by atoms with van der Waals surface area (Å²) in [5, 5.41) is 2.96. The Hall–Kier alpha value is -2.49. The average Bonchev–Trinajstić information content (AvgIpc) is 2.65. The van der Waals surface area contributed by atoms with Gasteiger partial charge in [-0.1, -0.05) is 30.3 Å². The number of benzene rings is 2. The number of hydrogen-bond donors (Lipinski definition) is 1. The van der Waals surface area contributed by atoms with Crippen molar-refractivity contribution in [2.75, 3.05) is 19.8 Å². The summed E-state index contributed by atoms with van der Waals surface area (Å²) in [6.45, 7) is 3.92. The summed E-state index contributed by atoms with van der Waals surface area (Å²) in [7, 11) is 0. The Labute approximate surface area is 150 Å². The van der Waals surface area contributed by atoms with Gasteiger partial charge in [-0.25, -0.2) is 0 Å². The van der Waals surface area contributed by atoms with Crippen LogP contribution in [0, 0.1) is 0 Å². The van der Waals surface area contributed by atoms with Crippen molar-refractivity contribution in [1.82, 2.24) is 5.32 Å². The minimum absolute atomic E-state index is 0.0864. The first-order valence-corrected chi connectivity index (χ1v) is 8.94. The summed E-state index contributed by atoms with van der Waals surface area (Å²) in [5.74, 6) is 1.83. The van der Waals surface area contributed by atoms with Crippen LogP contribution in [0.3, 0.4) is 0 Å². The van der Waals surface area contributed by atoms with E-state index in [0.29, 0.717) is 26.2 Å². The van der Waals surface area contributed by atoms with Crippen LogP contribution in [0.1, 0.15) is 31.7 Å². The zero-order chi connectivity index (χ0) is 17.7. The van der Waals surface area contributed by atoms with E-state index < -0.39 is 0 Å². The van der Waals surface area contributed by atoms with Gasteiger partial charge in [-0.05, 0) is 56.0 Å². The van der Waals surface area contributed by atoms with Gasteiger partial charge in [-0.2, -0.15) is 0 Å². The summed E-state index contributed by atoms with van der Waals surface area (Å²) in [6.07, 6.45) is 3.10. The Balaban J connectivity index is 1.51. The van der Waals surface area contributed by atoms with Crippen molar-refractivity contribution in [3.63, 3.8) is 0 Å². The molecule has 0 fully saturated rings. The second-order valence-corrected chi connectivity index (χ2v) is 5.80. The molecule has 1 N–H and O–H groups in total. The van der Waals surface area contributed by atoms with Gasteiger partial charge in [0.1, 0.15) is 11.5 Å². The summed E-state index contributed by atoms with van der Waals surface area (Å²) >= 11 is 0. The number of carbonyl (C=O) groups is 1. The van der Waals surface area contributed by atoms with Crippen molar-refractivity contribution in [3.05, 3.63) is 60.2 Å². The molecular weight excluding hydrogens is 314 g/mol. The molecule has 0 aliphatic rings. The van der Waals surface area contributed by atoms with Crippen LogP contribution < -0.4 is 14.8 Å². The number of amides is 1. The minimum atomic E-state index is 0.0864. The van der Waals surface area contributed by atoms with Crippen LogP contribution in [0.5, 0.6) is 11.5 Å². The number of nitrogens with one attached hydrogen (secondary N) is 1. The number of ether oxygens (including phenoxy) is 2. The first-order valence-electron chi connectivity index (χ1n) is 8.94. The largest absolute Gasteiger partial charge is 0.494 e. The molecule has 0 aromatic heterocycles. The number of rotatable bonds is 11. The van der Waals surface area contributed by atoms with E-state index in [0.717, 1.165) is 30.8 Å². The highest BCUT2D eigenvalue weighted by molar-refractivity contribution is 5.75. The maximum atomic E-state index is 11.8. The molecule has 2 rings (SSSR count). The summed E-state index contributed by atoms with van der Waals surface area (Å²) < 4.78 is 11.0. The SMILES string of the molecule is CCOc1ccc(CCCNC(=O)CCCOc2ccccc2)cc1. The second-order valence-electron chi connectivity index (χ2n) is 5.80. The van der Waals surface area contributed by atoms with Crippen LogP contribution in [0.15, 0.2) is 54.6 Å². The third-order valence-corrected chi connectivity index (χ3v) is 3.76. The topological polar surface area (TPSA) is 47.6 Å². The maximum Gasteiger partial charge on any atom is 0.220 e. The van der Waals surface area contributed by atoms with E-state index in [1.807, 2.05) is 49.4 Å². The lowest BCUT2D eigenvalue weighted by molar-refractivity contribution is -0.121. The quantitative estimate of drug-likeness (QED) is 0.629. The van der Waals surface area contributed by atoms with Gasteiger partial charge < -0.3 is 14.8 Å². The standard InChI is InChI=1S/C21H27NO3/c1-2-24-20-14-12-18(13-15-20)8-6-16-22-21(23)11-7-17-25-19-9-4-3-5-10-19/h3-5,9-10,12-15H,2,6-8,11,16-17H2,1H3,(H,22,23). The molecule has 0 atom stereocenters. The third kappa shape index (κ3) is 7.75. The Kier molecular flexibility index (Phi) is 8.39. The highest BCUT2D eigenvalue weighted by atomic mass is 16.5. The van der Waals surface area contributed by atoms with E-state index in [1.54, 1.807) is 0 Å². The van der Waals surface area contributed by atoms with E-state index in [-0.39, 0.29) is 5.91 Å². The molecule has 2 aromatic rings. The summed E-state index contributed by atoms with van der Waals surface area (Å²) in [4.78, 5) is 11.8. The fraction of sp³-hybridized carbons (Fsp3) is 0.381. The highest BCUT2D eigenvalue weighted by Crippen LogP contribution is 2.13. The fourth-order valence-corrected chi connectivity index (χ4v) is 2.47. The molecular formula is C21H27NO3. The van der Waals surface area contributed by atoms with Crippen molar-refractivity contribution >= 4 is 5.91 Å². The lowest BCUT2D eigenvalue weighted by Gasteiger charge is -2.08. The van der Waals surface area contributed by atoms with Crippen LogP contribution in [-0.2, 0) is 11.2 Å². The molecule has 0 radical (unpaired) electrons. The zero-order valence-corrected chi connectivity index (χ0v) is 14.9. The van der Waals surface area contributed by atoms with Gasteiger partial charge in [0.25, 0.3) is 0 Å². The predicted octanol–water partition coefficient (Wildman–Crippen LogP) is 3.99. The van der Waals surface area contributed by atoms with Gasteiger partial charge in [0.05, 0.1) is 13.2 Å². The molecule has 4 nitrogen and oxygen atoms in total. The monoisotopic (exact) mass is 341 g/mol.